The van der Waals surface area contributed by atoms with Crippen molar-refractivity contribution in [2.24, 2.45) is 0 Å². The Labute approximate surface area is 160 Å². The number of carbonyl (C=O) groups is 1. The summed E-state index contributed by atoms with van der Waals surface area (Å²) in [6.45, 7) is 1.76. The summed E-state index contributed by atoms with van der Waals surface area (Å²) < 4.78 is 37.5. The second-order valence-corrected chi connectivity index (χ2v) is 7.56. The minimum absolute atomic E-state index is 0.00104. The predicted molar refractivity (Wildman–Crippen MR) is 98.2 cm³/mol. The highest BCUT2D eigenvalue weighted by molar-refractivity contribution is 8.00. The average Bonchev–Trinajstić information content (AvgIpc) is 3.18. The predicted octanol–water partition coefficient (Wildman–Crippen LogP) is 4.19. The van der Waals surface area contributed by atoms with Crippen LogP contribution in [-0.2, 0) is 4.79 Å². The van der Waals surface area contributed by atoms with Gasteiger partial charge >= 0.3 is 0 Å². The lowest BCUT2D eigenvalue weighted by atomic mass is 10.0. The Bertz CT molecular complexity index is 861. The Morgan fingerprint density at radius 3 is 2.70 bits per heavy atom. The quantitative estimate of drug-likeness (QED) is 0.733. The van der Waals surface area contributed by atoms with E-state index >= 15 is 0 Å². The second kappa shape index (κ2) is 7.76. The number of fused-ring (bicyclic) bond motifs is 1. The lowest BCUT2D eigenvalue weighted by molar-refractivity contribution is -0.129. The van der Waals surface area contributed by atoms with Crippen LogP contribution in [0.15, 0.2) is 41.3 Å². The smallest absolute Gasteiger partial charge is 0.233 e. The molecular weight excluding hydrogens is 372 g/mol. The van der Waals surface area contributed by atoms with Crippen molar-refractivity contribution in [2.75, 3.05) is 25.5 Å². The van der Waals surface area contributed by atoms with E-state index in [0.717, 1.165) is 36.3 Å². The molecule has 0 bridgehead atoms. The Morgan fingerprint density at radius 2 is 1.89 bits per heavy atom. The molecule has 0 radical (unpaired) electrons. The molecule has 2 aliphatic rings. The standard InChI is InChI=1S/C20H19F2NO3S/c21-15-5-4-14(11-16(15)22)27-12-20(24)23-7-1-2-17(23)13-3-6-18-19(10-13)26-9-8-25-18/h3-6,10-11,17H,1-2,7-9,12H2. The zero-order valence-electron chi connectivity index (χ0n) is 14.6. The van der Waals surface area contributed by atoms with Gasteiger partial charge in [-0.15, -0.1) is 11.8 Å². The number of ether oxygens (including phenoxy) is 2. The highest BCUT2D eigenvalue weighted by Gasteiger charge is 2.30. The number of rotatable bonds is 4. The van der Waals surface area contributed by atoms with E-state index in [4.69, 9.17) is 9.47 Å². The van der Waals surface area contributed by atoms with Gasteiger partial charge in [-0.2, -0.15) is 0 Å². The summed E-state index contributed by atoms with van der Waals surface area (Å²) in [5, 5.41) is 0. The first-order valence-electron chi connectivity index (χ1n) is 8.89. The minimum Gasteiger partial charge on any atom is -0.486 e. The Hall–Kier alpha value is -2.28. The topological polar surface area (TPSA) is 38.8 Å². The van der Waals surface area contributed by atoms with Crippen LogP contribution in [-0.4, -0.2) is 36.3 Å². The second-order valence-electron chi connectivity index (χ2n) is 6.51. The van der Waals surface area contributed by atoms with Crippen LogP contribution in [0, 0.1) is 11.6 Å². The Kier molecular flexibility index (Phi) is 5.20. The molecular formula is C20H19F2NO3S. The molecule has 142 valence electrons. The molecule has 1 unspecified atom stereocenters. The molecule has 0 N–H and O–H groups in total. The van der Waals surface area contributed by atoms with E-state index in [1.807, 2.05) is 23.1 Å². The summed E-state index contributed by atoms with van der Waals surface area (Å²) in [5.41, 5.74) is 1.03. The van der Waals surface area contributed by atoms with Gasteiger partial charge in [0.2, 0.25) is 5.91 Å². The van der Waals surface area contributed by atoms with E-state index in [9.17, 15) is 13.6 Å². The number of thioether (sulfide) groups is 1. The molecule has 1 atom stereocenters. The molecule has 7 heteroatoms. The lowest BCUT2D eigenvalue weighted by Gasteiger charge is -2.26. The molecule has 2 aromatic carbocycles. The number of carbonyl (C=O) groups excluding carboxylic acids is 1. The summed E-state index contributed by atoms with van der Waals surface area (Å²) in [7, 11) is 0. The zero-order valence-corrected chi connectivity index (χ0v) is 15.4. The minimum atomic E-state index is -0.900. The molecule has 4 rings (SSSR count). The molecule has 0 spiro atoms. The van der Waals surface area contributed by atoms with E-state index in [-0.39, 0.29) is 17.7 Å². The fraction of sp³-hybridized carbons (Fsp3) is 0.350. The molecule has 0 saturated carbocycles. The molecule has 2 aromatic rings. The van der Waals surface area contributed by atoms with Crippen molar-refractivity contribution in [3.05, 3.63) is 53.6 Å². The maximum Gasteiger partial charge on any atom is 0.233 e. The van der Waals surface area contributed by atoms with Crippen molar-refractivity contribution in [3.63, 3.8) is 0 Å². The third-order valence-electron chi connectivity index (χ3n) is 4.78. The number of benzene rings is 2. The molecule has 0 aromatic heterocycles. The van der Waals surface area contributed by atoms with Crippen LogP contribution in [0.25, 0.3) is 0 Å². The highest BCUT2D eigenvalue weighted by atomic mass is 32.2. The van der Waals surface area contributed by atoms with Gasteiger partial charge in [-0.1, -0.05) is 6.07 Å². The lowest BCUT2D eigenvalue weighted by Crippen LogP contribution is -2.32. The zero-order chi connectivity index (χ0) is 18.8. The number of amides is 1. The first kappa shape index (κ1) is 18.1. The van der Waals surface area contributed by atoms with Gasteiger partial charge in [-0.3, -0.25) is 4.79 Å². The maximum absolute atomic E-state index is 13.3. The summed E-state index contributed by atoms with van der Waals surface area (Å²) >= 11 is 1.22. The molecule has 1 fully saturated rings. The third kappa shape index (κ3) is 3.88. The number of hydrogen-bond donors (Lipinski definition) is 0. The van der Waals surface area contributed by atoms with E-state index in [1.165, 1.54) is 17.8 Å². The summed E-state index contributed by atoms with van der Waals surface area (Å²) in [6.07, 6.45) is 1.82. The maximum atomic E-state index is 13.3. The summed E-state index contributed by atoms with van der Waals surface area (Å²) in [4.78, 5) is 15.1. The monoisotopic (exact) mass is 391 g/mol. The van der Waals surface area contributed by atoms with Gasteiger partial charge < -0.3 is 14.4 Å². The van der Waals surface area contributed by atoms with Crippen molar-refractivity contribution in [1.29, 1.82) is 0 Å². The van der Waals surface area contributed by atoms with Gasteiger partial charge in [0.25, 0.3) is 0 Å². The van der Waals surface area contributed by atoms with Gasteiger partial charge in [0.05, 0.1) is 11.8 Å². The average molecular weight is 391 g/mol. The number of likely N-dealkylation sites (tertiary alicyclic amines) is 1. The van der Waals surface area contributed by atoms with Crippen molar-refractivity contribution in [3.8, 4) is 11.5 Å². The number of hydrogen-bond acceptors (Lipinski definition) is 4. The van der Waals surface area contributed by atoms with E-state index < -0.39 is 11.6 Å². The first-order valence-corrected chi connectivity index (χ1v) is 9.87. The van der Waals surface area contributed by atoms with Crippen molar-refractivity contribution >= 4 is 17.7 Å². The van der Waals surface area contributed by atoms with Crippen LogP contribution in [0.5, 0.6) is 11.5 Å². The molecule has 4 nitrogen and oxygen atoms in total. The van der Waals surface area contributed by atoms with Crippen molar-refractivity contribution < 1.29 is 23.0 Å². The molecule has 2 heterocycles. The number of halogens is 2. The highest BCUT2D eigenvalue weighted by Crippen LogP contribution is 2.38. The SMILES string of the molecule is O=C(CSc1ccc(F)c(F)c1)N1CCCC1c1ccc2c(c1)OCCO2. The molecule has 27 heavy (non-hydrogen) atoms. The largest absolute Gasteiger partial charge is 0.486 e. The van der Waals surface area contributed by atoms with Gasteiger partial charge in [0.1, 0.15) is 13.2 Å². The fourth-order valence-corrected chi connectivity index (χ4v) is 4.28. The van der Waals surface area contributed by atoms with Crippen molar-refractivity contribution in [1.82, 2.24) is 4.90 Å². The van der Waals surface area contributed by atoms with Gasteiger partial charge in [0, 0.05) is 11.4 Å². The van der Waals surface area contributed by atoms with Crippen LogP contribution in [0.3, 0.4) is 0 Å². The molecule has 0 aliphatic carbocycles. The van der Waals surface area contributed by atoms with Gasteiger partial charge in [0.15, 0.2) is 23.1 Å². The fourth-order valence-electron chi connectivity index (χ4n) is 3.47. The Balaban J connectivity index is 1.44. The first-order chi connectivity index (χ1) is 13.1. The van der Waals surface area contributed by atoms with E-state index in [0.29, 0.717) is 30.4 Å². The number of nitrogens with zero attached hydrogens (tertiary/aromatic N) is 1. The van der Waals surface area contributed by atoms with E-state index in [2.05, 4.69) is 0 Å². The summed E-state index contributed by atoms with van der Waals surface area (Å²) in [5.74, 6) is -0.163. The van der Waals surface area contributed by atoms with E-state index in [1.54, 1.807) is 0 Å². The van der Waals surface area contributed by atoms with Gasteiger partial charge in [-0.05, 0) is 48.7 Å². The third-order valence-corrected chi connectivity index (χ3v) is 5.76. The van der Waals surface area contributed by atoms with Crippen molar-refractivity contribution in [2.45, 2.75) is 23.8 Å². The molecule has 2 aliphatic heterocycles. The van der Waals surface area contributed by atoms with Crippen LogP contribution in [0.2, 0.25) is 0 Å². The van der Waals surface area contributed by atoms with Crippen LogP contribution in [0.4, 0.5) is 8.78 Å². The Morgan fingerprint density at radius 1 is 1.07 bits per heavy atom. The molecule has 1 amide bonds. The normalized spacial score (nSPS) is 18.6. The van der Waals surface area contributed by atoms with Crippen LogP contribution >= 0.6 is 11.8 Å². The summed E-state index contributed by atoms with van der Waals surface area (Å²) in [6, 6.07) is 9.50. The van der Waals surface area contributed by atoms with Gasteiger partial charge in [-0.25, -0.2) is 8.78 Å². The molecule has 1 saturated heterocycles. The van der Waals surface area contributed by atoms with Crippen LogP contribution < -0.4 is 9.47 Å². The van der Waals surface area contributed by atoms with Crippen LogP contribution in [0.1, 0.15) is 24.4 Å².